The van der Waals surface area contributed by atoms with Crippen molar-refractivity contribution in [3.63, 3.8) is 0 Å². The van der Waals surface area contributed by atoms with Crippen molar-refractivity contribution in [1.29, 1.82) is 0 Å². The molecule has 4 aromatic rings. The molecule has 200 valence electrons. The maximum Gasteiger partial charge on any atom is 0.305 e. The number of methoxy groups -OCH3 is 2. The zero-order valence-electron chi connectivity index (χ0n) is 21.5. The van der Waals surface area contributed by atoms with Gasteiger partial charge in [-0.15, -0.1) is 0 Å². The monoisotopic (exact) mass is 544 g/mol. The van der Waals surface area contributed by atoms with E-state index in [9.17, 15) is 9.18 Å². The number of aromatic nitrogens is 3. The number of esters is 1. The predicted octanol–water partition coefficient (Wildman–Crippen LogP) is 5.71. The molecule has 38 heavy (non-hydrogen) atoms. The Labute approximate surface area is 223 Å². The Morgan fingerprint density at radius 2 is 1.95 bits per heavy atom. The smallest absolute Gasteiger partial charge is 0.305 e. The molecule has 8 nitrogen and oxygen atoms in total. The van der Waals surface area contributed by atoms with Crippen molar-refractivity contribution in [1.82, 2.24) is 15.0 Å². The van der Waals surface area contributed by atoms with E-state index in [1.807, 2.05) is 6.92 Å². The van der Waals surface area contributed by atoms with Crippen LogP contribution in [0, 0.1) is 11.6 Å². The van der Waals surface area contributed by atoms with E-state index in [4.69, 9.17) is 21.1 Å². The highest BCUT2D eigenvalue weighted by atomic mass is 35.5. The number of fused-ring (bicyclic) bond motifs is 2. The van der Waals surface area contributed by atoms with E-state index in [1.165, 1.54) is 26.5 Å². The van der Waals surface area contributed by atoms with Crippen molar-refractivity contribution in [2.45, 2.75) is 26.2 Å². The van der Waals surface area contributed by atoms with Crippen molar-refractivity contribution in [3.05, 3.63) is 52.9 Å². The van der Waals surface area contributed by atoms with Crippen molar-refractivity contribution in [2.75, 3.05) is 39.5 Å². The Hall–Kier alpha value is -3.63. The highest BCUT2D eigenvalue weighted by molar-refractivity contribution is 6.28. The number of nitrogens with zero attached hydrogens (tertiary/aromatic N) is 4. The van der Waals surface area contributed by atoms with E-state index >= 15 is 4.39 Å². The zero-order valence-corrected chi connectivity index (χ0v) is 22.2. The van der Waals surface area contributed by atoms with Gasteiger partial charge in [-0.3, -0.25) is 9.78 Å². The van der Waals surface area contributed by atoms with Gasteiger partial charge in [0.05, 0.1) is 12.5 Å². The summed E-state index contributed by atoms with van der Waals surface area (Å²) in [4.78, 5) is 26.1. The summed E-state index contributed by atoms with van der Waals surface area (Å²) in [5, 5.41) is 1.39. The topological polar surface area (TPSA) is 86.7 Å². The van der Waals surface area contributed by atoms with Crippen LogP contribution < -0.4 is 9.64 Å². The third kappa shape index (κ3) is 5.46. The SMILES string of the molecule is CCc1c(F)ccc2cc(OCOC)cc(-c3ncc4c(N(C)CCCC(=O)OC)nc(Cl)nc4c3F)c12. The third-order valence-electron chi connectivity index (χ3n) is 6.19. The molecule has 11 heteroatoms. The molecule has 0 radical (unpaired) electrons. The maximum atomic E-state index is 16.2. The lowest BCUT2D eigenvalue weighted by Gasteiger charge is -2.20. The number of halogens is 3. The fourth-order valence-electron chi connectivity index (χ4n) is 4.39. The van der Waals surface area contributed by atoms with Gasteiger partial charge >= 0.3 is 5.97 Å². The summed E-state index contributed by atoms with van der Waals surface area (Å²) in [6, 6.07) is 6.35. The minimum absolute atomic E-state index is 0.0189. The molecule has 0 N–H and O–H groups in total. The van der Waals surface area contributed by atoms with Gasteiger partial charge in [0.25, 0.3) is 0 Å². The molecule has 0 spiro atoms. The summed E-state index contributed by atoms with van der Waals surface area (Å²) in [5.41, 5.74) is 0.728. The van der Waals surface area contributed by atoms with Crippen LogP contribution in [0.3, 0.4) is 0 Å². The fourth-order valence-corrected chi connectivity index (χ4v) is 4.56. The molecule has 0 fully saturated rings. The molecule has 0 aliphatic heterocycles. The van der Waals surface area contributed by atoms with Gasteiger partial charge in [0.15, 0.2) is 12.6 Å². The number of carbonyl (C=O) groups is 1. The van der Waals surface area contributed by atoms with Gasteiger partial charge in [-0.2, -0.15) is 4.98 Å². The molecule has 0 unspecified atom stereocenters. The van der Waals surface area contributed by atoms with Gasteiger partial charge in [0.1, 0.15) is 28.6 Å². The van der Waals surface area contributed by atoms with E-state index in [0.29, 0.717) is 58.2 Å². The molecular weight excluding hydrogens is 518 g/mol. The van der Waals surface area contributed by atoms with E-state index < -0.39 is 11.6 Å². The molecule has 0 bridgehead atoms. The summed E-state index contributed by atoms with van der Waals surface area (Å²) in [6.45, 7) is 2.24. The Balaban J connectivity index is 1.88. The van der Waals surface area contributed by atoms with Crippen LogP contribution in [0.1, 0.15) is 25.3 Å². The minimum Gasteiger partial charge on any atom is -0.469 e. The lowest BCUT2D eigenvalue weighted by molar-refractivity contribution is -0.140. The van der Waals surface area contributed by atoms with E-state index in [1.54, 1.807) is 30.1 Å². The summed E-state index contributed by atoms with van der Waals surface area (Å²) < 4.78 is 46.3. The van der Waals surface area contributed by atoms with Gasteiger partial charge in [0.2, 0.25) is 5.28 Å². The molecule has 0 saturated heterocycles. The van der Waals surface area contributed by atoms with E-state index in [-0.39, 0.29) is 35.7 Å². The number of hydrogen-bond donors (Lipinski definition) is 0. The van der Waals surface area contributed by atoms with Crippen LogP contribution in [0.4, 0.5) is 14.6 Å². The summed E-state index contributed by atoms with van der Waals surface area (Å²) in [5.74, 6) is -0.670. The van der Waals surface area contributed by atoms with Crippen LogP contribution in [-0.2, 0) is 20.7 Å². The van der Waals surface area contributed by atoms with Crippen LogP contribution >= 0.6 is 11.6 Å². The van der Waals surface area contributed by atoms with Crippen molar-refractivity contribution < 1.29 is 27.8 Å². The standard InChI is InChI=1S/C27H27ClF2N4O4/c1-5-17-20(29)9-8-15-11-16(38-14-36-3)12-18(22(15)17)24-23(30)25-19(13-31-24)26(33-27(28)32-25)34(2)10-6-7-21(35)37-4/h8-9,11-13H,5-7,10,14H2,1-4H3. The molecule has 2 aromatic heterocycles. The molecule has 2 heterocycles. The molecule has 0 atom stereocenters. The maximum absolute atomic E-state index is 16.2. The summed E-state index contributed by atoms with van der Waals surface area (Å²) in [7, 11) is 4.57. The van der Waals surface area contributed by atoms with Crippen LogP contribution in [0.15, 0.2) is 30.5 Å². The first-order chi connectivity index (χ1) is 18.3. The second-order valence-corrected chi connectivity index (χ2v) is 8.94. The molecule has 0 aliphatic carbocycles. The number of rotatable bonds is 10. The second kappa shape index (κ2) is 11.8. The van der Waals surface area contributed by atoms with Gasteiger partial charge in [0, 0.05) is 38.9 Å². The van der Waals surface area contributed by atoms with E-state index in [2.05, 4.69) is 19.7 Å². The molecule has 0 amide bonds. The van der Waals surface area contributed by atoms with Crippen molar-refractivity contribution >= 4 is 45.1 Å². The Kier molecular flexibility index (Phi) is 8.53. The quantitative estimate of drug-likeness (QED) is 0.142. The fraction of sp³-hybridized carbons (Fsp3) is 0.333. The van der Waals surface area contributed by atoms with Crippen LogP contribution in [-0.4, -0.2) is 55.5 Å². The van der Waals surface area contributed by atoms with Gasteiger partial charge < -0.3 is 19.1 Å². The number of carbonyl (C=O) groups excluding carboxylic acids is 1. The molecule has 0 saturated carbocycles. The molecule has 0 aliphatic rings. The van der Waals surface area contributed by atoms with Crippen LogP contribution in [0.25, 0.3) is 32.9 Å². The van der Waals surface area contributed by atoms with E-state index in [0.717, 1.165) is 0 Å². The number of ether oxygens (including phenoxy) is 3. The van der Waals surface area contributed by atoms with Crippen LogP contribution in [0.5, 0.6) is 5.75 Å². The van der Waals surface area contributed by atoms with Gasteiger partial charge in [-0.05, 0) is 59.0 Å². The summed E-state index contributed by atoms with van der Waals surface area (Å²) >= 11 is 6.20. The third-order valence-corrected chi connectivity index (χ3v) is 6.36. The average Bonchev–Trinajstić information content (AvgIpc) is 2.91. The second-order valence-electron chi connectivity index (χ2n) is 8.60. The lowest BCUT2D eigenvalue weighted by Crippen LogP contribution is -2.21. The largest absolute Gasteiger partial charge is 0.469 e. The van der Waals surface area contributed by atoms with Crippen molar-refractivity contribution in [2.24, 2.45) is 0 Å². The number of benzene rings is 2. The molecule has 2 aromatic carbocycles. The number of aryl methyl sites for hydroxylation is 1. The Bertz CT molecular complexity index is 1500. The first-order valence-electron chi connectivity index (χ1n) is 12.0. The van der Waals surface area contributed by atoms with Crippen molar-refractivity contribution in [3.8, 4) is 17.0 Å². The molecule has 4 rings (SSSR count). The highest BCUT2D eigenvalue weighted by Gasteiger charge is 2.22. The number of anilines is 1. The normalized spacial score (nSPS) is 11.2. The Morgan fingerprint density at radius 3 is 2.66 bits per heavy atom. The minimum atomic E-state index is -0.729. The zero-order chi connectivity index (χ0) is 27.4. The highest BCUT2D eigenvalue weighted by Crippen LogP contribution is 2.39. The number of hydrogen-bond acceptors (Lipinski definition) is 8. The lowest BCUT2D eigenvalue weighted by atomic mass is 9.94. The molecular formula is C27H27ClF2N4O4. The van der Waals surface area contributed by atoms with Gasteiger partial charge in [-0.25, -0.2) is 13.8 Å². The predicted molar refractivity (Wildman–Crippen MR) is 142 cm³/mol. The first-order valence-corrected chi connectivity index (χ1v) is 12.3. The summed E-state index contributed by atoms with van der Waals surface area (Å²) in [6.07, 6.45) is 2.57. The van der Waals surface area contributed by atoms with Crippen LogP contribution in [0.2, 0.25) is 5.28 Å². The Morgan fingerprint density at radius 1 is 1.16 bits per heavy atom. The number of pyridine rings is 1. The first kappa shape index (κ1) is 27.4. The van der Waals surface area contributed by atoms with Gasteiger partial charge in [-0.1, -0.05) is 13.0 Å². The average molecular weight is 545 g/mol.